The van der Waals surface area contributed by atoms with Gasteiger partial charge in [0.05, 0.1) is 19.3 Å². The molecule has 1 aliphatic heterocycles. The van der Waals surface area contributed by atoms with E-state index < -0.39 is 0 Å². The van der Waals surface area contributed by atoms with E-state index in [4.69, 9.17) is 15.6 Å². The first kappa shape index (κ1) is 15.4. The average molecular weight is 258 g/mol. The topological polar surface area (TPSA) is 75.8 Å². The SMILES string of the molecule is CC(C)(N)CCC(=O)N1CCC(OCCO)CC1. The van der Waals surface area contributed by atoms with E-state index in [-0.39, 0.29) is 24.2 Å². The molecule has 0 aliphatic carbocycles. The molecular weight excluding hydrogens is 232 g/mol. The molecule has 1 rings (SSSR count). The number of likely N-dealkylation sites (tertiary alicyclic amines) is 1. The largest absolute Gasteiger partial charge is 0.394 e. The standard InChI is InChI=1S/C13H26N2O3/c1-13(2,14)6-3-12(17)15-7-4-11(5-8-15)18-10-9-16/h11,16H,3-10,14H2,1-2H3. The fourth-order valence-corrected chi connectivity index (χ4v) is 2.08. The van der Waals surface area contributed by atoms with Gasteiger partial charge in [-0.1, -0.05) is 0 Å². The van der Waals surface area contributed by atoms with Gasteiger partial charge in [0.1, 0.15) is 0 Å². The molecule has 1 amide bonds. The number of amides is 1. The van der Waals surface area contributed by atoms with Crippen LogP contribution in [-0.2, 0) is 9.53 Å². The van der Waals surface area contributed by atoms with Crippen molar-refractivity contribution in [2.75, 3.05) is 26.3 Å². The van der Waals surface area contributed by atoms with Gasteiger partial charge >= 0.3 is 0 Å². The monoisotopic (exact) mass is 258 g/mol. The third-order valence-electron chi connectivity index (χ3n) is 3.22. The Balaban J connectivity index is 2.23. The van der Waals surface area contributed by atoms with Crippen molar-refractivity contribution in [3.63, 3.8) is 0 Å². The van der Waals surface area contributed by atoms with Gasteiger partial charge in [-0.3, -0.25) is 4.79 Å². The van der Waals surface area contributed by atoms with E-state index in [0.29, 0.717) is 19.4 Å². The Morgan fingerprint density at radius 2 is 2.06 bits per heavy atom. The molecular formula is C13H26N2O3. The average Bonchev–Trinajstić information content (AvgIpc) is 2.33. The van der Waals surface area contributed by atoms with Crippen molar-refractivity contribution in [2.45, 2.75) is 51.2 Å². The summed E-state index contributed by atoms with van der Waals surface area (Å²) < 4.78 is 5.47. The molecule has 3 N–H and O–H groups in total. The van der Waals surface area contributed by atoms with Crippen molar-refractivity contribution in [1.82, 2.24) is 4.90 Å². The smallest absolute Gasteiger partial charge is 0.222 e. The summed E-state index contributed by atoms with van der Waals surface area (Å²) >= 11 is 0. The van der Waals surface area contributed by atoms with E-state index in [1.165, 1.54) is 0 Å². The number of aliphatic hydroxyl groups excluding tert-OH is 1. The maximum absolute atomic E-state index is 12.0. The summed E-state index contributed by atoms with van der Waals surface area (Å²) in [6, 6.07) is 0. The first-order valence-electron chi connectivity index (χ1n) is 6.71. The summed E-state index contributed by atoms with van der Waals surface area (Å²) in [5, 5.41) is 8.68. The van der Waals surface area contributed by atoms with E-state index in [1.807, 2.05) is 18.7 Å². The van der Waals surface area contributed by atoms with Crippen LogP contribution in [0.25, 0.3) is 0 Å². The maximum Gasteiger partial charge on any atom is 0.222 e. The van der Waals surface area contributed by atoms with Crippen LogP contribution < -0.4 is 5.73 Å². The number of rotatable bonds is 6. The van der Waals surface area contributed by atoms with E-state index >= 15 is 0 Å². The minimum absolute atomic E-state index is 0.0602. The predicted octanol–water partition coefficient (Wildman–Crippen LogP) is 0.504. The van der Waals surface area contributed by atoms with Crippen molar-refractivity contribution in [1.29, 1.82) is 0 Å². The Bertz CT molecular complexity index is 255. The number of aliphatic hydroxyl groups is 1. The number of hydrogen-bond acceptors (Lipinski definition) is 4. The minimum Gasteiger partial charge on any atom is -0.394 e. The van der Waals surface area contributed by atoms with Gasteiger partial charge in [-0.15, -0.1) is 0 Å². The third-order valence-corrected chi connectivity index (χ3v) is 3.22. The molecule has 1 fully saturated rings. The zero-order valence-electron chi connectivity index (χ0n) is 11.5. The van der Waals surface area contributed by atoms with Crippen molar-refractivity contribution >= 4 is 5.91 Å². The molecule has 5 nitrogen and oxygen atoms in total. The van der Waals surface area contributed by atoms with Crippen LogP contribution in [0.15, 0.2) is 0 Å². The van der Waals surface area contributed by atoms with Gasteiger partial charge in [0, 0.05) is 25.0 Å². The Morgan fingerprint density at radius 1 is 1.44 bits per heavy atom. The highest BCUT2D eigenvalue weighted by Gasteiger charge is 2.24. The first-order chi connectivity index (χ1) is 8.42. The van der Waals surface area contributed by atoms with Crippen LogP contribution in [0.2, 0.25) is 0 Å². The lowest BCUT2D eigenvalue weighted by Gasteiger charge is -2.32. The second-order valence-corrected chi connectivity index (χ2v) is 5.66. The fraction of sp³-hybridized carbons (Fsp3) is 0.923. The Morgan fingerprint density at radius 3 is 2.56 bits per heavy atom. The molecule has 0 aromatic carbocycles. The van der Waals surface area contributed by atoms with Crippen LogP contribution in [0.3, 0.4) is 0 Å². The Labute approximate surface area is 109 Å². The summed E-state index contributed by atoms with van der Waals surface area (Å²) in [7, 11) is 0. The van der Waals surface area contributed by atoms with Gasteiger partial charge in [-0.25, -0.2) is 0 Å². The van der Waals surface area contributed by atoms with Crippen LogP contribution in [0, 0.1) is 0 Å². The van der Waals surface area contributed by atoms with Crippen LogP contribution in [0.4, 0.5) is 0 Å². The molecule has 18 heavy (non-hydrogen) atoms. The molecule has 0 spiro atoms. The van der Waals surface area contributed by atoms with Crippen LogP contribution in [0.5, 0.6) is 0 Å². The molecule has 0 saturated carbocycles. The minimum atomic E-state index is -0.280. The molecule has 0 unspecified atom stereocenters. The molecule has 5 heteroatoms. The predicted molar refractivity (Wildman–Crippen MR) is 70.1 cm³/mol. The molecule has 0 aromatic heterocycles. The highest BCUT2D eigenvalue weighted by Crippen LogP contribution is 2.16. The van der Waals surface area contributed by atoms with Crippen LogP contribution >= 0.6 is 0 Å². The van der Waals surface area contributed by atoms with Crippen molar-refractivity contribution < 1.29 is 14.6 Å². The zero-order valence-corrected chi connectivity index (χ0v) is 11.5. The van der Waals surface area contributed by atoms with Gasteiger partial charge in [0.2, 0.25) is 5.91 Å². The van der Waals surface area contributed by atoms with E-state index in [9.17, 15) is 4.79 Å². The van der Waals surface area contributed by atoms with Crippen molar-refractivity contribution in [3.8, 4) is 0 Å². The quantitative estimate of drug-likeness (QED) is 0.727. The normalized spacial score (nSPS) is 18.1. The Hall–Kier alpha value is -0.650. The zero-order chi connectivity index (χ0) is 13.6. The molecule has 0 aromatic rings. The number of nitrogens with zero attached hydrogens (tertiary/aromatic N) is 1. The molecule has 0 bridgehead atoms. The molecule has 1 saturated heterocycles. The number of carbonyl (C=O) groups is 1. The highest BCUT2D eigenvalue weighted by atomic mass is 16.5. The van der Waals surface area contributed by atoms with Gasteiger partial charge in [-0.05, 0) is 33.1 Å². The number of nitrogens with two attached hydrogens (primary N) is 1. The van der Waals surface area contributed by atoms with E-state index in [1.54, 1.807) is 0 Å². The highest BCUT2D eigenvalue weighted by molar-refractivity contribution is 5.76. The molecule has 0 atom stereocenters. The van der Waals surface area contributed by atoms with E-state index in [0.717, 1.165) is 25.9 Å². The summed E-state index contributed by atoms with van der Waals surface area (Å²) in [5.74, 6) is 0.189. The lowest BCUT2D eigenvalue weighted by Crippen LogP contribution is -2.42. The number of ether oxygens (including phenoxy) is 1. The lowest BCUT2D eigenvalue weighted by molar-refractivity contribution is -0.134. The lowest BCUT2D eigenvalue weighted by atomic mass is 9.99. The maximum atomic E-state index is 12.0. The number of piperidine rings is 1. The van der Waals surface area contributed by atoms with Gasteiger partial charge in [-0.2, -0.15) is 0 Å². The summed E-state index contributed by atoms with van der Waals surface area (Å²) in [4.78, 5) is 13.8. The van der Waals surface area contributed by atoms with Gasteiger partial charge in [0.25, 0.3) is 0 Å². The second kappa shape index (κ2) is 7.07. The molecule has 0 radical (unpaired) electrons. The van der Waals surface area contributed by atoms with Gasteiger partial charge < -0.3 is 20.5 Å². The number of hydrogen-bond donors (Lipinski definition) is 2. The van der Waals surface area contributed by atoms with E-state index in [2.05, 4.69) is 0 Å². The summed E-state index contributed by atoms with van der Waals surface area (Å²) in [5.41, 5.74) is 5.60. The van der Waals surface area contributed by atoms with Crippen LogP contribution in [-0.4, -0.2) is 53.9 Å². The first-order valence-corrected chi connectivity index (χ1v) is 6.71. The fourth-order valence-electron chi connectivity index (χ4n) is 2.08. The summed E-state index contributed by atoms with van der Waals surface area (Å²) in [6.45, 7) is 5.83. The van der Waals surface area contributed by atoms with Gasteiger partial charge in [0.15, 0.2) is 0 Å². The summed E-state index contributed by atoms with van der Waals surface area (Å²) in [6.07, 6.45) is 3.14. The molecule has 1 heterocycles. The molecule has 1 aliphatic rings. The van der Waals surface area contributed by atoms with Crippen LogP contribution in [0.1, 0.15) is 39.5 Å². The number of carbonyl (C=O) groups excluding carboxylic acids is 1. The third kappa shape index (κ3) is 5.80. The Kier molecular flexibility index (Phi) is 6.05. The van der Waals surface area contributed by atoms with Crippen molar-refractivity contribution in [2.24, 2.45) is 5.73 Å². The second-order valence-electron chi connectivity index (χ2n) is 5.66. The van der Waals surface area contributed by atoms with Crippen molar-refractivity contribution in [3.05, 3.63) is 0 Å². The molecule has 106 valence electrons.